The third-order valence-electron chi connectivity index (χ3n) is 4.98. The van der Waals surface area contributed by atoms with E-state index in [1.54, 1.807) is 0 Å². The largest absolute Gasteiger partial charge is 0.417 e. The predicted octanol–water partition coefficient (Wildman–Crippen LogP) is 3.81. The number of pyridine rings is 1. The maximum Gasteiger partial charge on any atom is 0.417 e. The lowest BCUT2D eigenvalue weighted by molar-refractivity contribution is -0.137. The third-order valence-corrected chi connectivity index (χ3v) is 8.14. The van der Waals surface area contributed by atoms with Crippen molar-refractivity contribution < 1.29 is 21.6 Å². The molecule has 0 aromatic carbocycles. The molecule has 1 saturated heterocycles. The Kier molecular flexibility index (Phi) is 7.05. The van der Waals surface area contributed by atoms with Gasteiger partial charge in [0.2, 0.25) is 0 Å². The van der Waals surface area contributed by atoms with Gasteiger partial charge in [-0.2, -0.15) is 18.3 Å². The predicted molar refractivity (Wildman–Crippen MR) is 111 cm³/mol. The van der Waals surface area contributed by atoms with Gasteiger partial charge in [-0.15, -0.1) is 11.8 Å². The van der Waals surface area contributed by atoms with Crippen LogP contribution in [-0.4, -0.2) is 47.0 Å². The second-order valence-electron chi connectivity index (χ2n) is 7.18. The van der Waals surface area contributed by atoms with Crippen molar-refractivity contribution >= 4 is 33.2 Å². The highest BCUT2D eigenvalue weighted by Crippen LogP contribution is 2.33. The standard InChI is InChI=1S/C18H22ClF3N4O2S2/c1-11-15(12(2)26(25-11)14-3-6-30(27,28)10-14)9-23-4-5-29-17-16(19)7-13(8-24-17)18(20,21)22/h7-8,14,23H,3-6,9-10H2,1-2H3. The zero-order valence-corrected chi connectivity index (χ0v) is 18.9. The van der Waals surface area contributed by atoms with Crippen LogP contribution in [0.25, 0.3) is 0 Å². The van der Waals surface area contributed by atoms with Crippen molar-refractivity contribution in [3.05, 3.63) is 39.8 Å². The summed E-state index contributed by atoms with van der Waals surface area (Å²) >= 11 is 7.19. The number of sulfone groups is 1. The first kappa shape index (κ1) is 23.4. The molecular weight excluding hydrogens is 461 g/mol. The van der Waals surface area contributed by atoms with E-state index in [1.165, 1.54) is 11.8 Å². The summed E-state index contributed by atoms with van der Waals surface area (Å²) in [6.45, 7) is 4.98. The number of alkyl halides is 3. The number of nitrogens with one attached hydrogen (secondary N) is 1. The van der Waals surface area contributed by atoms with Gasteiger partial charge >= 0.3 is 6.18 Å². The summed E-state index contributed by atoms with van der Waals surface area (Å²) in [7, 11) is -2.99. The minimum atomic E-state index is -4.47. The molecule has 0 spiro atoms. The molecule has 2 aromatic rings. The Morgan fingerprint density at radius 3 is 2.70 bits per heavy atom. The molecule has 1 aliphatic heterocycles. The highest BCUT2D eigenvalue weighted by Gasteiger charge is 2.32. The average molecular weight is 483 g/mol. The van der Waals surface area contributed by atoms with E-state index in [4.69, 9.17) is 11.6 Å². The molecule has 1 unspecified atom stereocenters. The van der Waals surface area contributed by atoms with Crippen LogP contribution in [0.1, 0.15) is 35.0 Å². The maximum atomic E-state index is 12.7. The fourth-order valence-corrected chi connectivity index (χ4v) is 6.18. The van der Waals surface area contributed by atoms with Crippen molar-refractivity contribution in [2.75, 3.05) is 23.8 Å². The zero-order valence-electron chi connectivity index (χ0n) is 16.5. The van der Waals surface area contributed by atoms with E-state index in [-0.39, 0.29) is 22.6 Å². The number of nitrogens with zero attached hydrogens (tertiary/aromatic N) is 3. The van der Waals surface area contributed by atoms with Crippen molar-refractivity contribution in [1.82, 2.24) is 20.1 Å². The molecule has 166 valence electrons. The van der Waals surface area contributed by atoms with Gasteiger partial charge in [-0.05, 0) is 26.3 Å². The minimum absolute atomic E-state index is 0.0192. The van der Waals surface area contributed by atoms with Crippen LogP contribution in [0.3, 0.4) is 0 Å². The first-order valence-corrected chi connectivity index (χ1v) is 12.5. The van der Waals surface area contributed by atoms with Gasteiger partial charge in [0.15, 0.2) is 9.84 Å². The van der Waals surface area contributed by atoms with E-state index in [2.05, 4.69) is 15.4 Å². The van der Waals surface area contributed by atoms with Gasteiger partial charge in [-0.3, -0.25) is 4.68 Å². The summed E-state index contributed by atoms with van der Waals surface area (Å²) in [6, 6.07) is 0.764. The van der Waals surface area contributed by atoms with Gasteiger partial charge in [0.05, 0.1) is 33.8 Å². The molecule has 30 heavy (non-hydrogen) atoms. The molecule has 2 aromatic heterocycles. The Morgan fingerprint density at radius 2 is 2.10 bits per heavy atom. The summed E-state index contributed by atoms with van der Waals surface area (Å²) in [5, 5.41) is 8.15. The molecule has 1 atom stereocenters. The van der Waals surface area contributed by atoms with E-state index in [0.717, 1.165) is 29.2 Å². The zero-order chi connectivity index (χ0) is 22.1. The van der Waals surface area contributed by atoms with Crippen LogP contribution in [-0.2, 0) is 22.6 Å². The maximum absolute atomic E-state index is 12.7. The Labute approximate surface area is 182 Å². The first-order valence-electron chi connectivity index (χ1n) is 9.29. The van der Waals surface area contributed by atoms with Gasteiger partial charge in [0.1, 0.15) is 5.03 Å². The molecule has 1 aliphatic rings. The smallest absolute Gasteiger partial charge is 0.312 e. The second-order valence-corrected chi connectivity index (χ2v) is 10.9. The first-order chi connectivity index (χ1) is 14.0. The molecule has 12 heteroatoms. The normalized spacial score (nSPS) is 18.8. The molecule has 6 nitrogen and oxygen atoms in total. The van der Waals surface area contributed by atoms with E-state index >= 15 is 0 Å². The lowest BCUT2D eigenvalue weighted by Crippen LogP contribution is -2.18. The number of hydrogen-bond donors (Lipinski definition) is 1. The highest BCUT2D eigenvalue weighted by atomic mass is 35.5. The average Bonchev–Trinajstić information content (AvgIpc) is 3.14. The summed E-state index contributed by atoms with van der Waals surface area (Å²) in [4.78, 5) is 3.81. The summed E-state index contributed by atoms with van der Waals surface area (Å²) in [6.07, 6.45) is -3.11. The Bertz CT molecular complexity index is 1030. The molecule has 0 bridgehead atoms. The summed E-state index contributed by atoms with van der Waals surface area (Å²) < 4.78 is 63.3. The number of aromatic nitrogens is 3. The Balaban J connectivity index is 1.52. The quantitative estimate of drug-likeness (QED) is 0.477. The topological polar surface area (TPSA) is 76.9 Å². The lowest BCUT2D eigenvalue weighted by Gasteiger charge is -2.12. The van der Waals surface area contributed by atoms with Crippen LogP contribution in [0.15, 0.2) is 17.3 Å². The molecule has 3 heterocycles. The van der Waals surface area contributed by atoms with Crippen LogP contribution >= 0.6 is 23.4 Å². The summed E-state index contributed by atoms with van der Waals surface area (Å²) in [5.41, 5.74) is 1.95. The minimum Gasteiger partial charge on any atom is -0.312 e. The van der Waals surface area contributed by atoms with Crippen LogP contribution in [0, 0.1) is 13.8 Å². The highest BCUT2D eigenvalue weighted by molar-refractivity contribution is 7.99. The van der Waals surface area contributed by atoms with Crippen molar-refractivity contribution in [2.24, 2.45) is 0 Å². The number of aryl methyl sites for hydroxylation is 1. The number of rotatable bonds is 7. The summed E-state index contributed by atoms with van der Waals surface area (Å²) in [5.74, 6) is 0.895. The van der Waals surface area contributed by atoms with E-state index < -0.39 is 21.6 Å². The molecule has 0 amide bonds. The molecule has 1 N–H and O–H groups in total. The Morgan fingerprint density at radius 1 is 1.37 bits per heavy atom. The van der Waals surface area contributed by atoms with E-state index in [1.807, 2.05) is 18.5 Å². The van der Waals surface area contributed by atoms with E-state index in [0.29, 0.717) is 30.3 Å². The van der Waals surface area contributed by atoms with Gasteiger partial charge in [0, 0.05) is 36.3 Å². The van der Waals surface area contributed by atoms with Gasteiger partial charge < -0.3 is 5.32 Å². The van der Waals surface area contributed by atoms with Crippen molar-refractivity contribution in [2.45, 2.75) is 44.1 Å². The molecular formula is C18H22ClF3N4O2S2. The van der Waals surface area contributed by atoms with Gasteiger partial charge in [-0.1, -0.05) is 11.6 Å². The SMILES string of the molecule is Cc1nn(C2CCS(=O)(=O)C2)c(C)c1CNCCSc1ncc(C(F)(F)F)cc1Cl. The second kappa shape index (κ2) is 9.05. The van der Waals surface area contributed by atoms with Crippen LogP contribution in [0.5, 0.6) is 0 Å². The number of halogens is 4. The van der Waals surface area contributed by atoms with Gasteiger partial charge in [0.25, 0.3) is 0 Å². The lowest BCUT2D eigenvalue weighted by atomic mass is 10.2. The van der Waals surface area contributed by atoms with Crippen LogP contribution in [0.2, 0.25) is 5.02 Å². The molecule has 0 saturated carbocycles. The number of thioether (sulfide) groups is 1. The van der Waals surface area contributed by atoms with Crippen molar-refractivity contribution in [3.8, 4) is 0 Å². The molecule has 0 radical (unpaired) electrons. The third kappa shape index (κ3) is 5.49. The molecule has 1 fully saturated rings. The van der Waals surface area contributed by atoms with Crippen LogP contribution < -0.4 is 5.32 Å². The van der Waals surface area contributed by atoms with E-state index in [9.17, 15) is 21.6 Å². The molecule has 0 aliphatic carbocycles. The van der Waals surface area contributed by atoms with Crippen molar-refractivity contribution in [1.29, 1.82) is 0 Å². The monoisotopic (exact) mass is 482 g/mol. The fraction of sp³-hybridized carbons (Fsp3) is 0.556. The Hall–Kier alpha value is -1.30. The molecule has 3 rings (SSSR count). The number of hydrogen-bond acceptors (Lipinski definition) is 6. The van der Waals surface area contributed by atoms with Crippen molar-refractivity contribution in [3.63, 3.8) is 0 Å². The van der Waals surface area contributed by atoms with Crippen LogP contribution in [0.4, 0.5) is 13.2 Å². The fourth-order valence-electron chi connectivity index (χ4n) is 3.40. The van der Waals surface area contributed by atoms with Gasteiger partial charge in [-0.25, -0.2) is 13.4 Å².